The molecule has 1 aromatic rings. The first-order valence-electron chi connectivity index (χ1n) is 5.13. The molecule has 5 unspecified atom stereocenters. The second-order valence-corrected chi connectivity index (χ2v) is 7.00. The average Bonchev–Trinajstić information content (AvgIpc) is 2.37. The van der Waals surface area contributed by atoms with Crippen LogP contribution in [0.4, 0.5) is 0 Å². The van der Waals surface area contributed by atoms with Crippen LogP contribution in [0.25, 0.3) is 0 Å². The Bertz CT molecular complexity index is 480. The van der Waals surface area contributed by atoms with E-state index in [1.165, 1.54) is 0 Å². The first kappa shape index (κ1) is 29.8. The van der Waals surface area contributed by atoms with E-state index in [-0.39, 0.29) is 26.2 Å². The van der Waals surface area contributed by atoms with Gasteiger partial charge in [-0.15, -0.1) is 0 Å². The molecule has 0 fully saturated rings. The summed E-state index contributed by atoms with van der Waals surface area (Å²) >= 11 is 5.36. The number of hydrogen-bond acceptors (Lipinski definition) is 11. The maximum absolute atomic E-state index is 9.29. The van der Waals surface area contributed by atoms with Gasteiger partial charge in [-0.1, -0.05) is 41.9 Å². The Kier molecular flexibility index (Phi) is 23.3. The van der Waals surface area contributed by atoms with Gasteiger partial charge >= 0.3 is 26.2 Å². The number of aliphatic hydroxyl groups is 1. The molecule has 0 aliphatic heterocycles. The van der Waals surface area contributed by atoms with Gasteiger partial charge in [-0.2, -0.15) is 0 Å². The van der Waals surface area contributed by atoms with Gasteiger partial charge in [0.25, 0.3) is 0 Å². The van der Waals surface area contributed by atoms with Gasteiger partial charge in [0, 0.05) is 0 Å². The van der Waals surface area contributed by atoms with Crippen molar-refractivity contribution in [3.63, 3.8) is 0 Å². The minimum atomic E-state index is -3.51. The number of aliphatic hydroxyl groups excluding tert-OH is 1. The van der Waals surface area contributed by atoms with E-state index in [2.05, 4.69) is 8.62 Å². The molecule has 136 valence electrons. The van der Waals surface area contributed by atoms with E-state index in [0.717, 1.165) is 5.56 Å². The normalized spacial score (nSPS) is 15.8. The standard InChI is InChI=1S/C7H7ClO.2H4O5P2.Zr/c8-7(9)6-4-2-1-3-5-6;2*1-6(2)5-7(3)4;/h1-5,7,9H;2*6-7H,(H,1,2)(H,3,4);/q;;;+4/p-4. The monoisotopic (exact) mass is 520 g/mol. The molecule has 0 amide bonds. The van der Waals surface area contributed by atoms with Gasteiger partial charge in [0.2, 0.25) is 0 Å². The van der Waals surface area contributed by atoms with E-state index in [1.54, 1.807) is 12.1 Å². The SMILES string of the molecule is O=[PH]([O-])O[PH](=O)[O-].O=[PH]([O-])O[PH](=O)[O-].OC(Cl)c1ccccc1.[Zr+4]. The van der Waals surface area contributed by atoms with Crippen LogP contribution in [0.2, 0.25) is 0 Å². The summed E-state index contributed by atoms with van der Waals surface area (Å²) in [5.74, 6) is 0. The zero-order valence-corrected chi connectivity index (χ0v) is 18.6. The topological polar surface area (TPSA) is 199 Å². The molecule has 0 spiro atoms. The summed E-state index contributed by atoms with van der Waals surface area (Å²) in [4.78, 5) is 37.1. The third kappa shape index (κ3) is 25.3. The molecule has 24 heavy (non-hydrogen) atoms. The Morgan fingerprint density at radius 3 is 1.25 bits per heavy atom. The Morgan fingerprint density at radius 2 is 1.12 bits per heavy atom. The van der Waals surface area contributed by atoms with Crippen molar-refractivity contribution < 1.29 is 77.8 Å². The molecule has 0 aliphatic rings. The van der Waals surface area contributed by atoms with Crippen LogP contribution >= 0.6 is 44.6 Å². The Hall–Kier alpha value is 1.03. The van der Waals surface area contributed by atoms with Crippen molar-refractivity contribution >= 4 is 44.6 Å². The molecule has 0 bridgehead atoms. The Morgan fingerprint density at radius 1 is 0.833 bits per heavy atom. The molecule has 0 saturated heterocycles. The second-order valence-electron chi connectivity index (χ2n) is 2.95. The maximum atomic E-state index is 9.29. The summed E-state index contributed by atoms with van der Waals surface area (Å²) in [7, 11) is -14.1. The van der Waals surface area contributed by atoms with Crippen molar-refractivity contribution in [1.29, 1.82) is 0 Å². The molecule has 1 rings (SSSR count). The molecule has 0 radical (unpaired) electrons. The van der Waals surface area contributed by atoms with Gasteiger partial charge in [0.1, 0.15) is 33.0 Å². The van der Waals surface area contributed by atoms with Gasteiger partial charge in [-0.05, 0) is 5.56 Å². The number of halogens is 1. The van der Waals surface area contributed by atoms with Crippen LogP contribution in [0.3, 0.4) is 0 Å². The Labute approximate surface area is 163 Å². The average molecular weight is 522 g/mol. The van der Waals surface area contributed by atoms with E-state index < -0.39 is 38.6 Å². The van der Waals surface area contributed by atoms with Crippen molar-refractivity contribution in [1.82, 2.24) is 0 Å². The fraction of sp³-hybridized carbons (Fsp3) is 0.143. The molecule has 0 aliphatic carbocycles. The molecule has 17 heteroatoms. The van der Waals surface area contributed by atoms with Crippen molar-refractivity contribution in [2.24, 2.45) is 0 Å². The van der Waals surface area contributed by atoms with Crippen molar-refractivity contribution in [3.05, 3.63) is 35.9 Å². The molecule has 0 heterocycles. The zero-order valence-electron chi connectivity index (χ0n) is 11.4. The van der Waals surface area contributed by atoms with Crippen LogP contribution in [-0.2, 0) is 53.1 Å². The third-order valence-corrected chi connectivity index (χ3v) is 4.33. The Balaban J connectivity index is -0.000000274. The minimum Gasteiger partial charge on any atom is -0.781 e. The number of rotatable bonds is 5. The van der Waals surface area contributed by atoms with Gasteiger partial charge in [0.15, 0.2) is 5.56 Å². The number of benzene rings is 1. The van der Waals surface area contributed by atoms with E-state index in [1.807, 2.05) is 18.2 Å². The van der Waals surface area contributed by atoms with E-state index in [4.69, 9.17) is 16.7 Å². The first-order valence-corrected chi connectivity index (χ1v) is 10.5. The fourth-order valence-electron chi connectivity index (χ4n) is 0.748. The van der Waals surface area contributed by atoms with Crippen molar-refractivity contribution in [2.45, 2.75) is 5.56 Å². The largest absolute Gasteiger partial charge is 4.00 e. The quantitative estimate of drug-likeness (QED) is 0.365. The minimum absolute atomic E-state index is 0. The molecule has 0 saturated carbocycles. The molecule has 0 aromatic heterocycles. The van der Waals surface area contributed by atoms with Crippen LogP contribution in [-0.4, -0.2) is 5.11 Å². The summed E-state index contributed by atoms with van der Waals surface area (Å²) in [5, 5.41) is 8.79. The number of hydrogen-bond donors (Lipinski definition) is 1. The smallest absolute Gasteiger partial charge is 0.781 e. The predicted molar refractivity (Wildman–Crippen MR) is 75.4 cm³/mol. The summed E-state index contributed by atoms with van der Waals surface area (Å²) in [6.45, 7) is 0. The van der Waals surface area contributed by atoms with Crippen LogP contribution in [0.1, 0.15) is 11.1 Å². The van der Waals surface area contributed by atoms with Crippen LogP contribution < -0.4 is 19.6 Å². The molecule has 11 nitrogen and oxygen atoms in total. The molecular formula is C7H11ClO11P4Zr. The third-order valence-electron chi connectivity index (χ3n) is 1.41. The second kappa shape index (κ2) is 18.8. The van der Waals surface area contributed by atoms with Gasteiger partial charge in [-0.3, -0.25) is 8.62 Å². The molecular weight excluding hydrogens is 511 g/mol. The first-order chi connectivity index (χ1) is 10.6. The fourth-order valence-corrected chi connectivity index (χ4v) is 1.98. The molecule has 1 aromatic carbocycles. The van der Waals surface area contributed by atoms with Gasteiger partial charge in [0.05, 0.1) is 0 Å². The summed E-state index contributed by atoms with van der Waals surface area (Å²) in [6.07, 6.45) is 0. The van der Waals surface area contributed by atoms with Gasteiger partial charge < -0.3 is 42.9 Å². The summed E-state index contributed by atoms with van der Waals surface area (Å²) in [6, 6.07) is 9.10. The summed E-state index contributed by atoms with van der Waals surface area (Å²) in [5.41, 5.74) is -0.134. The summed E-state index contributed by atoms with van der Waals surface area (Å²) < 4.78 is 43.6. The van der Waals surface area contributed by atoms with E-state index in [9.17, 15) is 37.8 Å². The van der Waals surface area contributed by atoms with E-state index in [0.29, 0.717) is 0 Å². The molecule has 1 N–H and O–H groups in total. The van der Waals surface area contributed by atoms with E-state index >= 15 is 0 Å². The molecule has 5 atom stereocenters. The van der Waals surface area contributed by atoms with Crippen LogP contribution in [0.15, 0.2) is 30.3 Å². The number of alkyl halides is 1. The maximum Gasteiger partial charge on any atom is 4.00 e. The van der Waals surface area contributed by atoms with Crippen molar-refractivity contribution in [2.75, 3.05) is 0 Å². The predicted octanol–water partition coefficient (Wildman–Crippen LogP) is -1.08. The van der Waals surface area contributed by atoms with Crippen LogP contribution in [0, 0.1) is 0 Å². The van der Waals surface area contributed by atoms with Crippen LogP contribution in [0.5, 0.6) is 0 Å². The zero-order chi connectivity index (χ0) is 18.4. The van der Waals surface area contributed by atoms with Crippen molar-refractivity contribution in [3.8, 4) is 0 Å². The van der Waals surface area contributed by atoms with Gasteiger partial charge in [-0.25, -0.2) is 0 Å².